The minimum absolute atomic E-state index is 0.00782. The summed E-state index contributed by atoms with van der Waals surface area (Å²) < 4.78 is 4.96. The van der Waals surface area contributed by atoms with E-state index in [1.165, 1.54) is 25.7 Å². The first-order valence-electron chi connectivity index (χ1n) is 7.08. The van der Waals surface area contributed by atoms with Crippen LogP contribution in [0.3, 0.4) is 0 Å². The second kappa shape index (κ2) is 11.9. The van der Waals surface area contributed by atoms with Crippen LogP contribution in [0.2, 0.25) is 0 Å². The van der Waals surface area contributed by atoms with Gasteiger partial charge in [0.15, 0.2) is 0 Å². The third-order valence-electron chi connectivity index (χ3n) is 3.03. The number of hydrogen-bond donors (Lipinski definition) is 3. The fourth-order valence-electron chi connectivity index (χ4n) is 1.83. The largest absolute Gasteiger partial charge is 0.613 e. The lowest BCUT2D eigenvalue weighted by Gasteiger charge is -2.29. The van der Waals surface area contributed by atoms with Crippen LogP contribution in [0.15, 0.2) is 0 Å². The third-order valence-corrected chi connectivity index (χ3v) is 3.03. The Kier molecular flexibility index (Phi) is 11.7. The molecule has 3 atom stereocenters. The smallest absolute Gasteiger partial charge is 0.105 e. The Morgan fingerprint density at radius 1 is 1.22 bits per heavy atom. The Hall–Kier alpha value is -0.200. The van der Waals surface area contributed by atoms with Gasteiger partial charge in [-0.05, 0) is 19.8 Å². The molecule has 110 valence electrons. The van der Waals surface area contributed by atoms with Crippen molar-refractivity contribution in [2.24, 2.45) is 0 Å². The molecular weight excluding hydrogens is 232 g/mol. The zero-order chi connectivity index (χ0) is 13.8. The number of aliphatic hydroxyl groups is 1. The van der Waals surface area contributed by atoms with Crippen LogP contribution in [0, 0.1) is 5.21 Å². The summed E-state index contributed by atoms with van der Waals surface area (Å²) in [6.07, 6.45) is 6.44. The van der Waals surface area contributed by atoms with E-state index in [4.69, 9.17) is 4.74 Å². The zero-order valence-corrected chi connectivity index (χ0v) is 12.1. The van der Waals surface area contributed by atoms with Gasteiger partial charge in [0, 0.05) is 7.11 Å². The van der Waals surface area contributed by atoms with Crippen LogP contribution in [0.1, 0.15) is 52.4 Å². The molecule has 0 rings (SSSR count). The lowest BCUT2D eigenvalue weighted by molar-refractivity contribution is -0.900. The summed E-state index contributed by atoms with van der Waals surface area (Å²) in [6, 6.07) is -0.303. The van der Waals surface area contributed by atoms with Crippen molar-refractivity contribution >= 4 is 0 Å². The van der Waals surface area contributed by atoms with Gasteiger partial charge in [0.05, 0.1) is 19.3 Å². The van der Waals surface area contributed by atoms with Gasteiger partial charge >= 0.3 is 0 Å². The van der Waals surface area contributed by atoms with Crippen molar-refractivity contribution in [2.75, 3.05) is 20.3 Å². The number of nitrogens with one attached hydrogen (secondary N) is 2. The predicted octanol–water partition coefficient (Wildman–Crippen LogP) is 0.630. The van der Waals surface area contributed by atoms with E-state index in [0.29, 0.717) is 13.2 Å². The molecule has 18 heavy (non-hydrogen) atoms. The molecule has 3 N–H and O–H groups in total. The van der Waals surface area contributed by atoms with E-state index in [1.807, 2.05) is 0 Å². The van der Waals surface area contributed by atoms with Gasteiger partial charge in [0.1, 0.15) is 6.04 Å². The van der Waals surface area contributed by atoms with Crippen molar-refractivity contribution < 1.29 is 15.0 Å². The maximum Gasteiger partial charge on any atom is 0.105 e. The molecule has 0 amide bonds. The molecule has 3 unspecified atom stereocenters. The molecule has 5 heteroatoms. The molecule has 0 aromatic heterocycles. The van der Waals surface area contributed by atoms with E-state index < -0.39 is 6.10 Å². The molecule has 5 nitrogen and oxygen atoms in total. The molecule has 0 radical (unpaired) electrons. The number of unbranched alkanes of at least 4 members (excludes halogenated alkanes) is 5. The summed E-state index contributed by atoms with van der Waals surface area (Å²) in [5.74, 6) is 0. The Morgan fingerprint density at radius 2 is 1.83 bits per heavy atom. The Bertz CT molecular complexity index is 180. The highest BCUT2D eigenvalue weighted by atomic mass is 16.5. The summed E-state index contributed by atoms with van der Waals surface area (Å²) >= 11 is 0. The molecule has 0 aliphatic rings. The summed E-state index contributed by atoms with van der Waals surface area (Å²) in [6.45, 7) is 4.74. The Morgan fingerprint density at radius 3 is 2.39 bits per heavy atom. The second-order valence-corrected chi connectivity index (χ2v) is 4.89. The third kappa shape index (κ3) is 9.79. The molecule has 0 aliphatic heterocycles. The number of quaternary nitrogens is 1. The van der Waals surface area contributed by atoms with Crippen LogP contribution in [-0.2, 0) is 4.74 Å². The first-order chi connectivity index (χ1) is 8.61. The van der Waals surface area contributed by atoms with Crippen LogP contribution in [0.4, 0.5) is 0 Å². The lowest BCUT2D eigenvalue weighted by Crippen LogP contribution is -3.15. The summed E-state index contributed by atoms with van der Waals surface area (Å²) in [7, 11) is 1.56. The molecule has 0 saturated carbocycles. The Balaban J connectivity index is 3.58. The fourth-order valence-corrected chi connectivity index (χ4v) is 1.83. The molecule has 0 aromatic rings. The van der Waals surface area contributed by atoms with Gasteiger partial charge < -0.3 is 15.1 Å². The monoisotopic (exact) mass is 262 g/mol. The van der Waals surface area contributed by atoms with Gasteiger partial charge in [-0.3, -0.25) is 5.17 Å². The van der Waals surface area contributed by atoms with E-state index in [9.17, 15) is 10.3 Å². The van der Waals surface area contributed by atoms with Gasteiger partial charge in [-0.1, -0.05) is 32.6 Å². The normalized spacial score (nSPS) is 16.5. The van der Waals surface area contributed by atoms with Crippen molar-refractivity contribution in [1.29, 1.82) is 0 Å². The average Bonchev–Trinajstić information content (AvgIpc) is 2.33. The summed E-state index contributed by atoms with van der Waals surface area (Å²) in [5.41, 5.74) is 2.81. The van der Waals surface area contributed by atoms with Crippen molar-refractivity contribution in [3.63, 3.8) is 0 Å². The van der Waals surface area contributed by atoms with Gasteiger partial charge in [-0.15, -0.1) is 0 Å². The Labute approximate surface area is 111 Å². The maximum absolute atomic E-state index is 11.6. The van der Waals surface area contributed by atoms with E-state index in [-0.39, 0.29) is 11.2 Å². The highest BCUT2D eigenvalue weighted by Gasteiger charge is 2.17. The van der Waals surface area contributed by atoms with Gasteiger partial charge in [0.2, 0.25) is 0 Å². The van der Waals surface area contributed by atoms with Crippen molar-refractivity contribution in [2.45, 2.75) is 64.5 Å². The van der Waals surface area contributed by atoms with Crippen LogP contribution < -0.4 is 10.6 Å². The van der Waals surface area contributed by atoms with E-state index in [0.717, 1.165) is 12.8 Å². The second-order valence-electron chi connectivity index (χ2n) is 4.89. The highest BCUT2D eigenvalue weighted by molar-refractivity contribution is 4.66. The van der Waals surface area contributed by atoms with Crippen molar-refractivity contribution in [1.82, 2.24) is 5.43 Å². The van der Waals surface area contributed by atoms with Gasteiger partial charge in [-0.2, -0.15) is 5.43 Å². The fraction of sp³-hybridized carbons (Fsp3) is 1.00. The number of hydroxylamine groups is 1. The van der Waals surface area contributed by atoms with Gasteiger partial charge in [-0.25, -0.2) is 0 Å². The van der Waals surface area contributed by atoms with Crippen LogP contribution in [-0.4, -0.2) is 37.5 Å². The first-order valence-corrected chi connectivity index (χ1v) is 7.08. The minimum atomic E-state index is -0.585. The summed E-state index contributed by atoms with van der Waals surface area (Å²) in [4.78, 5) is 0. The van der Waals surface area contributed by atoms with E-state index in [1.54, 1.807) is 14.0 Å². The van der Waals surface area contributed by atoms with Gasteiger partial charge in [0.25, 0.3) is 0 Å². The topological polar surface area (TPSA) is 69.0 Å². The quantitative estimate of drug-likeness (QED) is 0.356. The number of rotatable bonds is 12. The van der Waals surface area contributed by atoms with Crippen LogP contribution in [0.25, 0.3) is 0 Å². The number of aliphatic hydroxyl groups excluding tert-OH is 1. The predicted molar refractivity (Wildman–Crippen MR) is 73.1 cm³/mol. The first kappa shape index (κ1) is 17.8. The minimum Gasteiger partial charge on any atom is -0.613 e. The van der Waals surface area contributed by atoms with E-state index in [2.05, 4.69) is 12.3 Å². The lowest BCUT2D eigenvalue weighted by atomic mass is 10.1. The van der Waals surface area contributed by atoms with Crippen molar-refractivity contribution in [3.8, 4) is 0 Å². The highest BCUT2D eigenvalue weighted by Crippen LogP contribution is 2.03. The standard InChI is InChI=1S/C13H30N2O3/c1-4-5-6-7-8-9-10-15(17)14-13(11-18-3)12(2)16/h12-16H,4-11H2,1-3H3. The molecule has 0 heterocycles. The van der Waals surface area contributed by atoms with E-state index >= 15 is 0 Å². The molecule has 0 fully saturated rings. The SMILES string of the molecule is CCCCCCCC[NH+]([O-])NC(COC)C(C)O. The van der Waals surface area contributed by atoms with Crippen molar-refractivity contribution in [3.05, 3.63) is 5.21 Å². The van der Waals surface area contributed by atoms with Crippen LogP contribution in [0.5, 0.6) is 0 Å². The molecular formula is C13H30N2O3. The molecule has 0 bridgehead atoms. The molecule has 0 aliphatic carbocycles. The number of ether oxygens (including phenoxy) is 1. The average molecular weight is 262 g/mol. The summed E-state index contributed by atoms with van der Waals surface area (Å²) in [5, 5.41) is 21.1. The zero-order valence-electron chi connectivity index (χ0n) is 12.1. The van der Waals surface area contributed by atoms with Crippen LogP contribution >= 0.6 is 0 Å². The molecule has 0 aromatic carbocycles. The molecule has 0 saturated heterocycles. The molecule has 0 spiro atoms. The number of methoxy groups -OCH3 is 1. The number of hydrogen-bond acceptors (Lipinski definition) is 4. The maximum atomic E-state index is 11.6.